The molecule has 0 aliphatic carbocycles. The number of hydrogen-bond acceptors (Lipinski definition) is 6. The number of carbonyl (C=O) groups excluding carboxylic acids is 1. The fourth-order valence-corrected chi connectivity index (χ4v) is 3.53. The van der Waals surface area contributed by atoms with E-state index in [0.717, 1.165) is 12.1 Å². The number of nitriles is 1. The van der Waals surface area contributed by atoms with Gasteiger partial charge >= 0.3 is 0 Å². The van der Waals surface area contributed by atoms with Crippen LogP contribution in [0.25, 0.3) is 6.08 Å². The molecular formula is C19H14BrCl2N3O5. The van der Waals surface area contributed by atoms with Crippen LogP contribution in [0, 0.1) is 21.4 Å². The number of nitro benzene ring substituents is 1. The summed E-state index contributed by atoms with van der Waals surface area (Å²) in [6, 6.07) is 7.16. The zero-order valence-corrected chi connectivity index (χ0v) is 18.8. The van der Waals surface area contributed by atoms with E-state index in [1.54, 1.807) is 18.2 Å². The fourth-order valence-electron chi connectivity index (χ4n) is 2.39. The number of methoxy groups -OCH3 is 1. The highest BCUT2D eigenvalue weighted by Crippen LogP contribution is 2.38. The maximum atomic E-state index is 12.6. The molecule has 2 aromatic rings. The number of nitrogens with one attached hydrogen (secondary N) is 1. The molecule has 0 saturated carbocycles. The van der Waals surface area contributed by atoms with E-state index in [1.165, 1.54) is 13.2 Å². The van der Waals surface area contributed by atoms with Gasteiger partial charge in [0.25, 0.3) is 11.6 Å². The fraction of sp³-hybridized carbons (Fsp3) is 0.158. The second kappa shape index (κ2) is 10.3. The van der Waals surface area contributed by atoms with Crippen molar-refractivity contribution in [2.45, 2.75) is 6.92 Å². The van der Waals surface area contributed by atoms with Crippen LogP contribution in [0.1, 0.15) is 12.5 Å². The number of hydrogen-bond donors (Lipinski definition) is 1. The lowest BCUT2D eigenvalue weighted by molar-refractivity contribution is -0.384. The molecule has 0 atom stereocenters. The van der Waals surface area contributed by atoms with Gasteiger partial charge in [-0.25, -0.2) is 0 Å². The Bertz CT molecular complexity index is 1060. The van der Waals surface area contributed by atoms with Gasteiger partial charge in [0.1, 0.15) is 11.6 Å². The second-order valence-corrected chi connectivity index (χ2v) is 7.30. The molecule has 8 nitrogen and oxygen atoms in total. The van der Waals surface area contributed by atoms with Crippen molar-refractivity contribution in [2.75, 3.05) is 19.0 Å². The molecule has 0 radical (unpaired) electrons. The van der Waals surface area contributed by atoms with Gasteiger partial charge in [0.05, 0.1) is 38.8 Å². The summed E-state index contributed by atoms with van der Waals surface area (Å²) >= 11 is 15.4. The average molecular weight is 515 g/mol. The van der Waals surface area contributed by atoms with Crippen LogP contribution >= 0.6 is 39.1 Å². The predicted molar refractivity (Wildman–Crippen MR) is 117 cm³/mol. The lowest BCUT2D eigenvalue weighted by Crippen LogP contribution is -2.14. The first-order chi connectivity index (χ1) is 14.2. The first-order valence-electron chi connectivity index (χ1n) is 8.28. The van der Waals surface area contributed by atoms with Crippen molar-refractivity contribution in [3.63, 3.8) is 0 Å². The number of rotatable bonds is 7. The van der Waals surface area contributed by atoms with Crippen molar-refractivity contribution in [3.05, 3.63) is 60.0 Å². The number of ether oxygens (including phenoxy) is 2. The molecule has 1 amide bonds. The molecular weight excluding hydrogens is 501 g/mol. The van der Waals surface area contributed by atoms with Crippen LogP contribution in [0.2, 0.25) is 10.0 Å². The summed E-state index contributed by atoms with van der Waals surface area (Å²) < 4.78 is 11.4. The largest absolute Gasteiger partial charge is 0.493 e. The summed E-state index contributed by atoms with van der Waals surface area (Å²) in [6.45, 7) is 2.25. The topological polar surface area (TPSA) is 114 Å². The molecule has 2 rings (SSSR count). The summed E-state index contributed by atoms with van der Waals surface area (Å²) in [6.07, 6.45) is 1.34. The number of anilines is 1. The number of nitrogens with zero attached hydrogens (tertiary/aromatic N) is 2. The van der Waals surface area contributed by atoms with Gasteiger partial charge in [-0.05, 0) is 46.6 Å². The molecule has 0 spiro atoms. The molecule has 30 heavy (non-hydrogen) atoms. The predicted octanol–water partition coefficient (Wildman–Crippen LogP) is 5.62. The molecule has 0 aliphatic rings. The van der Waals surface area contributed by atoms with E-state index in [-0.39, 0.29) is 27.0 Å². The third-order valence-corrected chi connectivity index (χ3v) is 4.88. The van der Waals surface area contributed by atoms with E-state index in [0.29, 0.717) is 28.1 Å². The van der Waals surface area contributed by atoms with Gasteiger partial charge in [0, 0.05) is 12.1 Å². The number of halogens is 3. The van der Waals surface area contributed by atoms with Gasteiger partial charge < -0.3 is 14.8 Å². The molecule has 0 bridgehead atoms. The number of non-ortho nitro benzene ring substituents is 1. The summed E-state index contributed by atoms with van der Waals surface area (Å²) in [5.74, 6) is 0.111. The number of amides is 1. The first-order valence-corrected chi connectivity index (χ1v) is 9.83. The van der Waals surface area contributed by atoms with Gasteiger partial charge in [0.15, 0.2) is 11.5 Å². The smallest absolute Gasteiger partial charge is 0.272 e. The van der Waals surface area contributed by atoms with E-state index >= 15 is 0 Å². The minimum atomic E-state index is -0.792. The van der Waals surface area contributed by atoms with E-state index in [4.69, 9.17) is 32.7 Å². The van der Waals surface area contributed by atoms with Crippen molar-refractivity contribution in [2.24, 2.45) is 0 Å². The van der Waals surface area contributed by atoms with E-state index in [1.807, 2.05) is 6.92 Å². The van der Waals surface area contributed by atoms with Gasteiger partial charge in [-0.1, -0.05) is 23.2 Å². The third kappa shape index (κ3) is 5.42. The minimum Gasteiger partial charge on any atom is -0.493 e. The molecule has 11 heteroatoms. The summed E-state index contributed by atoms with van der Waals surface area (Å²) in [4.78, 5) is 22.8. The van der Waals surface area contributed by atoms with Crippen LogP contribution in [0.5, 0.6) is 11.5 Å². The van der Waals surface area contributed by atoms with Gasteiger partial charge in [-0.15, -0.1) is 0 Å². The maximum Gasteiger partial charge on any atom is 0.272 e. The molecule has 156 valence electrons. The zero-order valence-electron chi connectivity index (χ0n) is 15.7. The molecule has 0 saturated heterocycles. The quantitative estimate of drug-likeness (QED) is 0.222. The highest BCUT2D eigenvalue weighted by Gasteiger charge is 2.19. The standard InChI is InChI=1S/C19H14BrCl2N3O5/c1-3-30-18-13(20)5-10(6-16(18)29-2)4-11(9-23)19(26)24-17-14(21)7-12(25(27)28)8-15(17)22/h4-8H,3H2,1-2H3,(H,24,26)/b11-4+. The lowest BCUT2D eigenvalue weighted by atomic mass is 10.1. The summed E-state index contributed by atoms with van der Waals surface area (Å²) in [7, 11) is 1.47. The first kappa shape index (κ1) is 23.5. The highest BCUT2D eigenvalue weighted by atomic mass is 79.9. The Balaban J connectivity index is 2.38. The Labute approximate surface area is 190 Å². The Morgan fingerprint density at radius 2 is 1.97 bits per heavy atom. The van der Waals surface area contributed by atoms with Crippen LogP contribution in [0.15, 0.2) is 34.3 Å². The SMILES string of the molecule is CCOc1c(Br)cc(/C=C(\C#N)C(=O)Nc2c(Cl)cc([N+](=O)[O-])cc2Cl)cc1OC. The highest BCUT2D eigenvalue weighted by molar-refractivity contribution is 9.10. The van der Waals surface area contributed by atoms with E-state index < -0.39 is 10.8 Å². The number of nitro groups is 1. The maximum absolute atomic E-state index is 12.6. The average Bonchev–Trinajstić information content (AvgIpc) is 2.70. The molecule has 0 aromatic heterocycles. The summed E-state index contributed by atoms with van der Waals surface area (Å²) in [5, 5.41) is 22.4. The van der Waals surface area contributed by atoms with E-state index in [2.05, 4.69) is 21.2 Å². The molecule has 0 unspecified atom stereocenters. The number of benzene rings is 2. The zero-order chi connectivity index (χ0) is 22.4. The molecule has 2 aromatic carbocycles. The van der Waals surface area contributed by atoms with Gasteiger partial charge in [-0.2, -0.15) is 5.26 Å². The third-order valence-electron chi connectivity index (χ3n) is 3.69. The second-order valence-electron chi connectivity index (χ2n) is 5.63. The van der Waals surface area contributed by atoms with Crippen LogP contribution in [0.4, 0.5) is 11.4 Å². The Morgan fingerprint density at radius 3 is 2.47 bits per heavy atom. The molecule has 0 heterocycles. The van der Waals surface area contributed by atoms with Crippen molar-refractivity contribution in [1.29, 1.82) is 5.26 Å². The lowest BCUT2D eigenvalue weighted by Gasteiger charge is -2.12. The van der Waals surface area contributed by atoms with Crippen LogP contribution < -0.4 is 14.8 Å². The van der Waals surface area contributed by atoms with Crippen molar-refractivity contribution in [1.82, 2.24) is 0 Å². The molecule has 0 aliphatic heterocycles. The number of carbonyl (C=O) groups is 1. The molecule has 0 fully saturated rings. The van der Waals surface area contributed by atoms with Crippen molar-refractivity contribution < 1.29 is 19.2 Å². The minimum absolute atomic E-state index is 0.0412. The van der Waals surface area contributed by atoms with Crippen LogP contribution in [0.3, 0.4) is 0 Å². The van der Waals surface area contributed by atoms with Crippen LogP contribution in [-0.4, -0.2) is 24.5 Å². The van der Waals surface area contributed by atoms with Crippen molar-refractivity contribution >= 4 is 62.5 Å². The van der Waals surface area contributed by atoms with Gasteiger partial charge in [0.2, 0.25) is 0 Å². The monoisotopic (exact) mass is 513 g/mol. The Morgan fingerprint density at radius 1 is 1.33 bits per heavy atom. The van der Waals surface area contributed by atoms with E-state index in [9.17, 15) is 20.2 Å². The molecule has 1 N–H and O–H groups in total. The Hall–Kier alpha value is -2.80. The van der Waals surface area contributed by atoms with Crippen LogP contribution in [-0.2, 0) is 4.79 Å². The Kier molecular flexibility index (Phi) is 8.06. The van der Waals surface area contributed by atoms with Crippen molar-refractivity contribution in [3.8, 4) is 17.6 Å². The van der Waals surface area contributed by atoms with Gasteiger partial charge in [-0.3, -0.25) is 14.9 Å². The summed E-state index contributed by atoms with van der Waals surface area (Å²) in [5.41, 5.74) is -0.126. The normalized spacial score (nSPS) is 10.9.